The van der Waals surface area contributed by atoms with E-state index in [0.29, 0.717) is 35.4 Å². The first-order chi connectivity index (χ1) is 19.2. The summed E-state index contributed by atoms with van der Waals surface area (Å²) in [6.07, 6.45) is 3.98. The zero-order chi connectivity index (χ0) is 26.3. The smallest absolute Gasteiger partial charge is 0.277 e. The Morgan fingerprint density at radius 2 is 1.56 bits per heavy atom. The molecule has 1 aliphatic rings. The standard InChI is InChI=1S/C30H24ClN7O/c31-25-12-6-2-8-21(25)17-37-16-15-26-27(30(37)39)38(29(32-26)19-13-14-19)18-20-7-1-3-9-22(20)23-10-4-5-11-24(23)28-33-35-36-34-28/h1-12,15-16,19H,13-14,17-18H2,(H,33,34,35,36). The summed E-state index contributed by atoms with van der Waals surface area (Å²) in [7, 11) is 0. The molecule has 8 nitrogen and oxygen atoms in total. The maximum Gasteiger partial charge on any atom is 0.277 e. The van der Waals surface area contributed by atoms with E-state index in [2.05, 4.69) is 43.4 Å². The van der Waals surface area contributed by atoms with Crippen molar-refractivity contribution < 1.29 is 0 Å². The van der Waals surface area contributed by atoms with Crippen LogP contribution in [0, 0.1) is 0 Å². The molecule has 1 aliphatic carbocycles. The number of tetrazole rings is 1. The molecule has 0 saturated heterocycles. The predicted molar refractivity (Wildman–Crippen MR) is 151 cm³/mol. The van der Waals surface area contributed by atoms with Crippen LogP contribution in [0.2, 0.25) is 5.02 Å². The molecule has 1 saturated carbocycles. The Kier molecular flexibility index (Phi) is 5.82. The number of halogens is 1. The van der Waals surface area contributed by atoms with E-state index in [-0.39, 0.29) is 5.56 Å². The number of hydrogen-bond acceptors (Lipinski definition) is 5. The molecule has 0 atom stereocenters. The lowest BCUT2D eigenvalue weighted by Gasteiger charge is -2.15. The maximum absolute atomic E-state index is 13.9. The molecule has 0 spiro atoms. The van der Waals surface area contributed by atoms with Crippen molar-refractivity contribution in [1.82, 2.24) is 34.7 Å². The summed E-state index contributed by atoms with van der Waals surface area (Å²) >= 11 is 6.42. The molecule has 0 amide bonds. The molecule has 0 aliphatic heterocycles. The van der Waals surface area contributed by atoms with Gasteiger partial charge in [-0.1, -0.05) is 78.3 Å². The minimum atomic E-state index is -0.0718. The van der Waals surface area contributed by atoms with Crippen LogP contribution in [-0.4, -0.2) is 34.7 Å². The molecule has 1 fully saturated rings. The minimum Gasteiger partial charge on any atom is -0.319 e. The lowest BCUT2D eigenvalue weighted by atomic mass is 9.95. The zero-order valence-corrected chi connectivity index (χ0v) is 21.7. The Bertz CT molecular complexity index is 1870. The first-order valence-corrected chi connectivity index (χ1v) is 13.3. The molecule has 3 heterocycles. The van der Waals surface area contributed by atoms with Crippen LogP contribution in [0.1, 0.15) is 35.7 Å². The number of rotatable bonds is 7. The first kappa shape index (κ1) is 23.5. The Balaban J connectivity index is 1.36. The third-order valence-corrected chi connectivity index (χ3v) is 7.67. The van der Waals surface area contributed by atoms with E-state index in [1.54, 1.807) is 4.57 Å². The number of aromatic amines is 1. The van der Waals surface area contributed by atoms with E-state index in [1.807, 2.05) is 66.9 Å². The number of imidazole rings is 1. The summed E-state index contributed by atoms with van der Waals surface area (Å²) in [5.74, 6) is 1.95. The molecule has 0 unspecified atom stereocenters. The monoisotopic (exact) mass is 533 g/mol. The molecule has 1 N–H and O–H groups in total. The van der Waals surface area contributed by atoms with Crippen molar-refractivity contribution in [3.05, 3.63) is 117 Å². The van der Waals surface area contributed by atoms with Gasteiger partial charge in [-0.2, -0.15) is 0 Å². The van der Waals surface area contributed by atoms with E-state index in [4.69, 9.17) is 16.6 Å². The van der Waals surface area contributed by atoms with Gasteiger partial charge in [0.15, 0.2) is 5.82 Å². The van der Waals surface area contributed by atoms with E-state index in [0.717, 1.165) is 52.0 Å². The van der Waals surface area contributed by atoms with Gasteiger partial charge in [-0.25, -0.2) is 10.1 Å². The van der Waals surface area contributed by atoms with Crippen LogP contribution in [0.4, 0.5) is 0 Å². The molecule has 9 heteroatoms. The highest BCUT2D eigenvalue weighted by atomic mass is 35.5. The van der Waals surface area contributed by atoms with Gasteiger partial charge in [-0.05, 0) is 57.7 Å². The van der Waals surface area contributed by atoms with Crippen LogP contribution >= 0.6 is 11.6 Å². The van der Waals surface area contributed by atoms with Crippen LogP contribution in [0.5, 0.6) is 0 Å². The fourth-order valence-electron chi connectivity index (χ4n) is 5.23. The number of pyridine rings is 1. The molecule has 3 aromatic carbocycles. The van der Waals surface area contributed by atoms with Crippen LogP contribution < -0.4 is 5.56 Å². The number of nitrogens with zero attached hydrogens (tertiary/aromatic N) is 6. The summed E-state index contributed by atoms with van der Waals surface area (Å²) < 4.78 is 3.84. The third kappa shape index (κ3) is 4.32. The molecule has 3 aromatic heterocycles. The molecule has 0 radical (unpaired) electrons. The van der Waals surface area contributed by atoms with Gasteiger partial charge in [0.05, 0.1) is 18.6 Å². The molecule has 39 heavy (non-hydrogen) atoms. The van der Waals surface area contributed by atoms with Gasteiger partial charge >= 0.3 is 0 Å². The number of fused-ring (bicyclic) bond motifs is 1. The van der Waals surface area contributed by atoms with Gasteiger partial charge < -0.3 is 9.13 Å². The summed E-state index contributed by atoms with van der Waals surface area (Å²) in [6, 6.07) is 25.9. The SMILES string of the molecule is O=c1c2c(ccn1Cc1ccccc1Cl)nc(C1CC1)n2Cc1ccccc1-c1ccccc1-c1nnn[nH]1. The summed E-state index contributed by atoms with van der Waals surface area (Å²) in [5.41, 5.74) is 6.24. The van der Waals surface area contributed by atoms with Crippen molar-refractivity contribution in [2.75, 3.05) is 0 Å². The van der Waals surface area contributed by atoms with Crippen LogP contribution in [0.15, 0.2) is 89.9 Å². The zero-order valence-electron chi connectivity index (χ0n) is 21.0. The summed E-state index contributed by atoms with van der Waals surface area (Å²) in [5, 5.41) is 15.2. The number of benzene rings is 3. The number of nitrogens with one attached hydrogen (secondary N) is 1. The highest BCUT2D eigenvalue weighted by Crippen LogP contribution is 2.41. The van der Waals surface area contributed by atoms with Crippen molar-refractivity contribution >= 4 is 22.6 Å². The Labute approximate surface area is 228 Å². The normalized spacial score (nSPS) is 13.3. The quantitative estimate of drug-likeness (QED) is 0.285. The van der Waals surface area contributed by atoms with E-state index >= 15 is 0 Å². The van der Waals surface area contributed by atoms with Gasteiger partial charge in [-0.15, -0.1) is 5.10 Å². The van der Waals surface area contributed by atoms with Gasteiger partial charge in [0, 0.05) is 22.7 Å². The molecule has 192 valence electrons. The van der Waals surface area contributed by atoms with Crippen molar-refractivity contribution in [1.29, 1.82) is 0 Å². The second kappa shape index (κ2) is 9.63. The fraction of sp³-hybridized carbons (Fsp3) is 0.167. The number of aromatic nitrogens is 7. The lowest BCUT2D eigenvalue weighted by molar-refractivity contribution is 0.726. The fourth-order valence-corrected chi connectivity index (χ4v) is 5.43. The molecular formula is C30H24ClN7O. The van der Waals surface area contributed by atoms with Gasteiger partial charge in [-0.3, -0.25) is 4.79 Å². The third-order valence-electron chi connectivity index (χ3n) is 7.30. The first-order valence-electron chi connectivity index (χ1n) is 12.9. The Morgan fingerprint density at radius 3 is 2.31 bits per heavy atom. The largest absolute Gasteiger partial charge is 0.319 e. The second-order valence-electron chi connectivity index (χ2n) is 9.86. The molecule has 0 bridgehead atoms. The predicted octanol–water partition coefficient (Wildman–Crippen LogP) is 5.67. The van der Waals surface area contributed by atoms with Crippen LogP contribution in [-0.2, 0) is 13.1 Å². The number of H-pyrrole nitrogens is 1. The average molecular weight is 534 g/mol. The van der Waals surface area contributed by atoms with Crippen molar-refractivity contribution in [2.45, 2.75) is 31.8 Å². The van der Waals surface area contributed by atoms with Crippen molar-refractivity contribution in [2.24, 2.45) is 0 Å². The molecule has 6 aromatic rings. The Hall–Kier alpha value is -4.56. The number of hydrogen-bond donors (Lipinski definition) is 1. The maximum atomic E-state index is 13.9. The van der Waals surface area contributed by atoms with Crippen LogP contribution in [0.3, 0.4) is 0 Å². The molecule has 7 rings (SSSR count). The Morgan fingerprint density at radius 1 is 0.846 bits per heavy atom. The highest BCUT2D eigenvalue weighted by Gasteiger charge is 2.31. The highest BCUT2D eigenvalue weighted by molar-refractivity contribution is 6.31. The van der Waals surface area contributed by atoms with Gasteiger partial charge in [0.25, 0.3) is 5.56 Å². The van der Waals surface area contributed by atoms with Crippen molar-refractivity contribution in [3.63, 3.8) is 0 Å². The lowest BCUT2D eigenvalue weighted by Crippen LogP contribution is -2.23. The average Bonchev–Trinajstić information content (AvgIpc) is 3.52. The summed E-state index contributed by atoms with van der Waals surface area (Å²) in [6.45, 7) is 0.917. The van der Waals surface area contributed by atoms with Crippen molar-refractivity contribution in [3.8, 4) is 22.5 Å². The van der Waals surface area contributed by atoms with Gasteiger partial charge in [0.1, 0.15) is 11.3 Å². The van der Waals surface area contributed by atoms with E-state index in [9.17, 15) is 4.79 Å². The van der Waals surface area contributed by atoms with Gasteiger partial charge in [0.2, 0.25) is 0 Å². The topological polar surface area (TPSA) is 94.3 Å². The second-order valence-corrected chi connectivity index (χ2v) is 10.3. The minimum absolute atomic E-state index is 0.0718. The van der Waals surface area contributed by atoms with Crippen LogP contribution in [0.25, 0.3) is 33.5 Å². The molecular weight excluding hydrogens is 510 g/mol. The van der Waals surface area contributed by atoms with E-state index in [1.165, 1.54) is 0 Å². The summed E-state index contributed by atoms with van der Waals surface area (Å²) in [4.78, 5) is 18.9. The van der Waals surface area contributed by atoms with E-state index < -0.39 is 0 Å².